The van der Waals surface area contributed by atoms with Crippen molar-refractivity contribution >= 4 is 0 Å². The number of hydrogen-bond acceptors (Lipinski definition) is 4. The summed E-state index contributed by atoms with van der Waals surface area (Å²) in [6.07, 6.45) is 1.80. The summed E-state index contributed by atoms with van der Waals surface area (Å²) >= 11 is 0. The Balaban J connectivity index is 1.93. The number of aryl methyl sites for hydroxylation is 3. The third-order valence-electron chi connectivity index (χ3n) is 3.44. The van der Waals surface area contributed by atoms with Crippen molar-refractivity contribution < 1.29 is 4.42 Å². The fourth-order valence-electron chi connectivity index (χ4n) is 2.05. The highest BCUT2D eigenvalue weighted by atomic mass is 16.4. The molecule has 0 amide bonds. The van der Waals surface area contributed by atoms with E-state index in [1.54, 1.807) is 0 Å². The van der Waals surface area contributed by atoms with E-state index in [2.05, 4.69) is 62.3 Å². The number of nitrogens with zero attached hydrogens (tertiary/aromatic N) is 2. The van der Waals surface area contributed by atoms with Gasteiger partial charge in [-0.2, -0.15) is 0 Å². The fourth-order valence-corrected chi connectivity index (χ4v) is 2.05. The van der Waals surface area contributed by atoms with Crippen molar-refractivity contribution in [2.45, 2.75) is 53.0 Å². The van der Waals surface area contributed by atoms with Crippen molar-refractivity contribution in [1.82, 2.24) is 15.5 Å². The number of rotatable bonds is 5. The van der Waals surface area contributed by atoms with Gasteiger partial charge in [0.05, 0.1) is 0 Å². The molecule has 2 rings (SSSR count). The van der Waals surface area contributed by atoms with Crippen LogP contribution in [0, 0.1) is 13.8 Å². The van der Waals surface area contributed by atoms with E-state index in [9.17, 15) is 0 Å². The third kappa shape index (κ3) is 4.67. The summed E-state index contributed by atoms with van der Waals surface area (Å²) in [6.45, 7) is 11.6. The largest absolute Gasteiger partial charge is 0.421 e. The highest BCUT2D eigenvalue weighted by Crippen LogP contribution is 2.21. The summed E-state index contributed by atoms with van der Waals surface area (Å²) in [5, 5.41) is 11.7. The maximum atomic E-state index is 5.75. The number of nitrogens with one attached hydrogen (secondary N) is 1. The van der Waals surface area contributed by atoms with Crippen LogP contribution in [-0.4, -0.2) is 22.3 Å². The zero-order chi connectivity index (χ0) is 15.5. The van der Waals surface area contributed by atoms with Crippen LogP contribution in [0.15, 0.2) is 22.6 Å². The first kappa shape index (κ1) is 15.7. The molecule has 0 aliphatic heterocycles. The molecule has 0 bridgehead atoms. The molecule has 0 atom stereocenters. The van der Waals surface area contributed by atoms with Gasteiger partial charge in [0.25, 0.3) is 0 Å². The summed E-state index contributed by atoms with van der Waals surface area (Å²) in [6, 6.07) is 6.20. The topological polar surface area (TPSA) is 51.0 Å². The lowest BCUT2D eigenvalue weighted by atomic mass is 10.1. The zero-order valence-corrected chi connectivity index (χ0v) is 13.7. The maximum absolute atomic E-state index is 5.75. The van der Waals surface area contributed by atoms with Crippen LogP contribution in [0.25, 0.3) is 11.5 Å². The van der Waals surface area contributed by atoms with Crippen LogP contribution in [0.2, 0.25) is 0 Å². The standard InChI is InChI=1S/C17H25N3O/c1-12-8-9-14(11-13(12)2)16-20-19-15(21-16)7-6-10-18-17(3,4)5/h8-9,11,18H,6-7,10H2,1-5H3. The molecule has 114 valence electrons. The molecule has 4 nitrogen and oxygen atoms in total. The van der Waals surface area contributed by atoms with Gasteiger partial charge in [0.1, 0.15) is 0 Å². The second-order valence-corrected chi connectivity index (χ2v) is 6.58. The van der Waals surface area contributed by atoms with Crippen molar-refractivity contribution in [3.63, 3.8) is 0 Å². The Labute approximate surface area is 127 Å². The van der Waals surface area contributed by atoms with Crippen LogP contribution in [0.5, 0.6) is 0 Å². The molecule has 1 heterocycles. The number of hydrogen-bond donors (Lipinski definition) is 1. The minimum absolute atomic E-state index is 0.152. The summed E-state index contributed by atoms with van der Waals surface area (Å²) in [5.74, 6) is 1.32. The molecule has 0 radical (unpaired) electrons. The molecule has 0 saturated heterocycles. The Morgan fingerprint density at radius 1 is 1.10 bits per heavy atom. The molecular formula is C17H25N3O. The van der Waals surface area contributed by atoms with Gasteiger partial charge >= 0.3 is 0 Å². The molecule has 21 heavy (non-hydrogen) atoms. The van der Waals surface area contributed by atoms with Crippen LogP contribution >= 0.6 is 0 Å². The zero-order valence-electron chi connectivity index (χ0n) is 13.7. The Morgan fingerprint density at radius 3 is 2.52 bits per heavy atom. The van der Waals surface area contributed by atoms with Gasteiger partial charge < -0.3 is 9.73 Å². The first-order valence-electron chi connectivity index (χ1n) is 7.50. The highest BCUT2D eigenvalue weighted by molar-refractivity contribution is 5.55. The second kappa shape index (κ2) is 6.39. The van der Waals surface area contributed by atoms with Crippen LogP contribution in [0.1, 0.15) is 44.2 Å². The van der Waals surface area contributed by atoms with E-state index >= 15 is 0 Å². The van der Waals surface area contributed by atoms with E-state index < -0.39 is 0 Å². The van der Waals surface area contributed by atoms with E-state index in [1.807, 2.05) is 6.07 Å². The minimum Gasteiger partial charge on any atom is -0.421 e. The summed E-state index contributed by atoms with van der Waals surface area (Å²) in [4.78, 5) is 0. The molecule has 4 heteroatoms. The molecule has 0 fully saturated rings. The van der Waals surface area contributed by atoms with Gasteiger partial charge in [0, 0.05) is 17.5 Å². The Morgan fingerprint density at radius 2 is 1.86 bits per heavy atom. The lowest BCUT2D eigenvalue weighted by Crippen LogP contribution is -2.36. The SMILES string of the molecule is Cc1ccc(-c2nnc(CCCNC(C)(C)C)o2)cc1C. The normalized spacial score (nSPS) is 11.9. The maximum Gasteiger partial charge on any atom is 0.247 e. The molecule has 2 aromatic rings. The lowest BCUT2D eigenvalue weighted by Gasteiger charge is -2.19. The summed E-state index contributed by atoms with van der Waals surface area (Å²) in [5.41, 5.74) is 3.65. The monoisotopic (exact) mass is 287 g/mol. The minimum atomic E-state index is 0.152. The molecule has 0 aliphatic carbocycles. The highest BCUT2D eigenvalue weighted by Gasteiger charge is 2.11. The smallest absolute Gasteiger partial charge is 0.247 e. The summed E-state index contributed by atoms with van der Waals surface area (Å²) < 4.78 is 5.75. The van der Waals surface area contributed by atoms with Gasteiger partial charge in [0.2, 0.25) is 11.8 Å². The predicted octanol–water partition coefficient (Wildman–Crippen LogP) is 3.67. The average molecular weight is 287 g/mol. The molecule has 1 aromatic heterocycles. The van der Waals surface area contributed by atoms with Crippen molar-refractivity contribution in [1.29, 1.82) is 0 Å². The van der Waals surface area contributed by atoms with E-state index in [4.69, 9.17) is 4.42 Å². The van der Waals surface area contributed by atoms with E-state index in [1.165, 1.54) is 11.1 Å². The van der Waals surface area contributed by atoms with E-state index in [0.717, 1.165) is 24.9 Å². The van der Waals surface area contributed by atoms with Crippen molar-refractivity contribution in [3.05, 3.63) is 35.2 Å². The van der Waals surface area contributed by atoms with Gasteiger partial charge in [-0.1, -0.05) is 6.07 Å². The first-order valence-corrected chi connectivity index (χ1v) is 7.50. The molecule has 0 aliphatic rings. The average Bonchev–Trinajstić information content (AvgIpc) is 2.86. The van der Waals surface area contributed by atoms with E-state index in [-0.39, 0.29) is 5.54 Å². The Kier molecular flexibility index (Phi) is 4.78. The van der Waals surface area contributed by atoms with Gasteiger partial charge in [-0.15, -0.1) is 10.2 Å². The Hall–Kier alpha value is -1.68. The number of benzene rings is 1. The molecule has 0 saturated carbocycles. The van der Waals surface area contributed by atoms with Crippen LogP contribution in [0.4, 0.5) is 0 Å². The van der Waals surface area contributed by atoms with Crippen molar-refractivity contribution in [2.75, 3.05) is 6.54 Å². The second-order valence-electron chi connectivity index (χ2n) is 6.58. The molecule has 1 N–H and O–H groups in total. The molecular weight excluding hydrogens is 262 g/mol. The van der Waals surface area contributed by atoms with Crippen LogP contribution < -0.4 is 5.32 Å². The van der Waals surface area contributed by atoms with Gasteiger partial charge in [-0.25, -0.2) is 0 Å². The van der Waals surface area contributed by atoms with Gasteiger partial charge in [-0.3, -0.25) is 0 Å². The molecule has 0 spiro atoms. The fraction of sp³-hybridized carbons (Fsp3) is 0.529. The quantitative estimate of drug-likeness (QED) is 0.852. The van der Waals surface area contributed by atoms with Gasteiger partial charge in [0.15, 0.2) is 0 Å². The van der Waals surface area contributed by atoms with Crippen LogP contribution in [0.3, 0.4) is 0 Å². The third-order valence-corrected chi connectivity index (χ3v) is 3.44. The molecule has 1 aromatic carbocycles. The predicted molar refractivity (Wildman–Crippen MR) is 85.3 cm³/mol. The van der Waals surface area contributed by atoms with Crippen molar-refractivity contribution in [2.24, 2.45) is 0 Å². The van der Waals surface area contributed by atoms with Crippen LogP contribution in [-0.2, 0) is 6.42 Å². The lowest BCUT2D eigenvalue weighted by molar-refractivity contribution is 0.412. The number of aromatic nitrogens is 2. The Bertz CT molecular complexity index is 596. The van der Waals surface area contributed by atoms with Crippen molar-refractivity contribution in [3.8, 4) is 11.5 Å². The van der Waals surface area contributed by atoms with E-state index in [0.29, 0.717) is 11.8 Å². The van der Waals surface area contributed by atoms with Gasteiger partial charge in [-0.05, 0) is 70.8 Å². The summed E-state index contributed by atoms with van der Waals surface area (Å²) in [7, 11) is 0. The molecule has 0 unspecified atom stereocenters. The first-order chi connectivity index (χ1) is 9.85.